The van der Waals surface area contributed by atoms with Gasteiger partial charge in [0.2, 0.25) is 0 Å². The van der Waals surface area contributed by atoms with Gasteiger partial charge in [-0.1, -0.05) is 6.92 Å². The fraction of sp³-hybridized carbons (Fsp3) is 0.333. The zero-order chi connectivity index (χ0) is 6.95. The number of hydrogen-bond donors (Lipinski definition) is 0. The Kier molecular flexibility index (Phi) is 15.4. The molecule has 1 rings (SSSR count). The second-order valence-electron chi connectivity index (χ2n) is 1.78. The molecule has 0 N–H and O–H groups in total. The molecule has 0 fully saturated rings. The third-order valence-electron chi connectivity index (χ3n) is 0.964. The van der Waals surface area contributed by atoms with E-state index in [0.717, 1.165) is 0 Å². The van der Waals surface area contributed by atoms with Crippen molar-refractivity contribution in [3.63, 3.8) is 0 Å². The van der Waals surface area contributed by atoms with Crippen molar-refractivity contribution in [2.45, 2.75) is 20.3 Å². The van der Waals surface area contributed by atoms with Crippen molar-refractivity contribution in [3.8, 4) is 0 Å². The van der Waals surface area contributed by atoms with Gasteiger partial charge in [0.15, 0.2) is 0 Å². The molecule has 0 aliphatic rings. The van der Waals surface area contributed by atoms with Crippen LogP contribution in [0.5, 0.6) is 0 Å². The van der Waals surface area contributed by atoms with Crippen LogP contribution < -0.4 is 0 Å². The number of rotatable bonds is 1. The zero-order valence-electron chi connectivity index (χ0n) is 6.67. The van der Waals surface area contributed by atoms with Crippen molar-refractivity contribution < 1.29 is 26.2 Å². The van der Waals surface area contributed by atoms with Gasteiger partial charge in [-0.3, -0.25) is 0 Å². The minimum Gasteiger partial charge on any atom is -0.332 e. The van der Waals surface area contributed by atoms with Crippen LogP contribution in [0, 0.1) is 6.42 Å². The average Bonchev–Trinajstić information content (AvgIpc) is 2.43. The van der Waals surface area contributed by atoms with Gasteiger partial charge in [-0.2, -0.15) is 31.5 Å². The molecule has 0 bridgehead atoms. The van der Waals surface area contributed by atoms with E-state index in [1.807, 2.05) is 30.3 Å². The summed E-state index contributed by atoms with van der Waals surface area (Å²) in [6.45, 7) is 4.18. The monoisotopic (exact) mass is 212 g/mol. The van der Waals surface area contributed by atoms with Crippen LogP contribution in [0.2, 0.25) is 0 Å². The Bertz CT molecular complexity index is 80.3. The SMILES string of the molecule is C[CH-]CC.[Zr+2].c1cc[cH-]c1. The summed E-state index contributed by atoms with van der Waals surface area (Å²) in [6.07, 6.45) is 3.32. The first kappa shape index (κ1) is 12.9. The Labute approximate surface area is 83.1 Å². The summed E-state index contributed by atoms with van der Waals surface area (Å²) < 4.78 is 0. The predicted molar refractivity (Wildman–Crippen MR) is 42.3 cm³/mol. The molecular weight excluding hydrogens is 199 g/mol. The molecule has 1 aromatic rings. The van der Waals surface area contributed by atoms with Gasteiger partial charge in [0, 0.05) is 0 Å². The van der Waals surface area contributed by atoms with E-state index in [1.54, 1.807) is 0 Å². The Morgan fingerprint density at radius 2 is 1.70 bits per heavy atom. The molecule has 0 aromatic heterocycles. The Hall–Kier alpha value is 0.233. The minimum atomic E-state index is 0. The largest absolute Gasteiger partial charge is 2.00 e. The van der Waals surface area contributed by atoms with Crippen molar-refractivity contribution in [3.05, 3.63) is 36.8 Å². The Morgan fingerprint density at radius 3 is 1.80 bits per heavy atom. The topological polar surface area (TPSA) is 0 Å². The van der Waals surface area contributed by atoms with Crippen LogP contribution in [0.3, 0.4) is 0 Å². The first-order valence-corrected chi connectivity index (χ1v) is 3.36. The Morgan fingerprint density at radius 1 is 1.30 bits per heavy atom. The second-order valence-corrected chi connectivity index (χ2v) is 1.78. The fourth-order valence-corrected chi connectivity index (χ4v) is 0.321. The van der Waals surface area contributed by atoms with Crippen LogP contribution in [0.25, 0.3) is 0 Å². The van der Waals surface area contributed by atoms with E-state index in [1.165, 1.54) is 6.42 Å². The molecule has 0 saturated heterocycles. The molecule has 1 heteroatoms. The maximum Gasteiger partial charge on any atom is 2.00 e. The van der Waals surface area contributed by atoms with Crippen molar-refractivity contribution in [1.29, 1.82) is 0 Å². The quantitative estimate of drug-likeness (QED) is 0.629. The summed E-state index contributed by atoms with van der Waals surface area (Å²) in [5, 5.41) is 0. The molecule has 0 nitrogen and oxygen atoms in total. The second kappa shape index (κ2) is 12.0. The van der Waals surface area contributed by atoms with Crippen molar-refractivity contribution in [2.75, 3.05) is 0 Å². The molecule has 0 spiro atoms. The number of unbranched alkanes of at least 4 members (excludes halogenated alkanes) is 1. The molecule has 0 heterocycles. The maximum atomic E-state index is 2.12. The van der Waals surface area contributed by atoms with Crippen LogP contribution in [0.1, 0.15) is 20.3 Å². The van der Waals surface area contributed by atoms with E-state index in [2.05, 4.69) is 20.3 Å². The molecule has 0 saturated carbocycles. The van der Waals surface area contributed by atoms with Crippen molar-refractivity contribution in [1.82, 2.24) is 0 Å². The van der Waals surface area contributed by atoms with Gasteiger partial charge in [-0.05, 0) is 0 Å². The summed E-state index contributed by atoms with van der Waals surface area (Å²) in [5.74, 6) is 0. The van der Waals surface area contributed by atoms with Gasteiger partial charge >= 0.3 is 26.2 Å². The normalized spacial score (nSPS) is 7.00. The van der Waals surface area contributed by atoms with Gasteiger partial charge in [0.05, 0.1) is 0 Å². The van der Waals surface area contributed by atoms with E-state index in [4.69, 9.17) is 0 Å². The average molecular weight is 213 g/mol. The van der Waals surface area contributed by atoms with E-state index in [0.29, 0.717) is 0 Å². The van der Waals surface area contributed by atoms with Crippen LogP contribution >= 0.6 is 0 Å². The minimum absolute atomic E-state index is 0. The van der Waals surface area contributed by atoms with Crippen LogP contribution in [-0.2, 0) is 26.2 Å². The van der Waals surface area contributed by atoms with E-state index in [-0.39, 0.29) is 26.2 Å². The smallest absolute Gasteiger partial charge is 0.332 e. The molecule has 54 valence electrons. The molecule has 0 amide bonds. The van der Waals surface area contributed by atoms with E-state index in [9.17, 15) is 0 Å². The van der Waals surface area contributed by atoms with E-state index < -0.39 is 0 Å². The van der Waals surface area contributed by atoms with Crippen molar-refractivity contribution >= 4 is 0 Å². The van der Waals surface area contributed by atoms with E-state index >= 15 is 0 Å². The molecular formula is C9H14Zr. The van der Waals surface area contributed by atoms with Crippen molar-refractivity contribution in [2.24, 2.45) is 0 Å². The first-order chi connectivity index (χ1) is 4.41. The standard InChI is InChI=1S/C5H5.C4H9.Zr/c1-2-4-5-3-1;1-3-4-2;/h1-5H;3H,4H2,1-2H3;/q2*-1;+2. The summed E-state index contributed by atoms with van der Waals surface area (Å²) in [4.78, 5) is 0. The third-order valence-corrected chi connectivity index (χ3v) is 0.964. The predicted octanol–water partition coefficient (Wildman–Crippen LogP) is 3.02. The number of hydrogen-bond acceptors (Lipinski definition) is 0. The molecule has 0 aliphatic heterocycles. The third kappa shape index (κ3) is 11.1. The molecule has 10 heavy (non-hydrogen) atoms. The summed E-state index contributed by atoms with van der Waals surface area (Å²) in [6, 6.07) is 10.0. The zero-order valence-corrected chi connectivity index (χ0v) is 9.13. The van der Waals surface area contributed by atoms with Crippen LogP contribution in [0.15, 0.2) is 30.3 Å². The van der Waals surface area contributed by atoms with Gasteiger partial charge in [-0.15, -0.1) is 0 Å². The summed E-state index contributed by atoms with van der Waals surface area (Å²) in [7, 11) is 0. The molecule has 0 atom stereocenters. The van der Waals surface area contributed by atoms with Crippen LogP contribution in [0.4, 0.5) is 0 Å². The van der Waals surface area contributed by atoms with Gasteiger partial charge in [0.25, 0.3) is 0 Å². The Balaban J connectivity index is 0. The van der Waals surface area contributed by atoms with Gasteiger partial charge in [0.1, 0.15) is 0 Å². The molecule has 0 aliphatic carbocycles. The summed E-state index contributed by atoms with van der Waals surface area (Å²) in [5.41, 5.74) is 0. The summed E-state index contributed by atoms with van der Waals surface area (Å²) >= 11 is 0. The van der Waals surface area contributed by atoms with Gasteiger partial charge in [-0.25, -0.2) is 12.1 Å². The van der Waals surface area contributed by atoms with Gasteiger partial charge < -0.3 is 6.42 Å². The first-order valence-electron chi connectivity index (χ1n) is 3.36. The van der Waals surface area contributed by atoms with Crippen LogP contribution in [-0.4, -0.2) is 0 Å². The molecule has 0 unspecified atom stereocenters. The maximum absolute atomic E-state index is 2.12. The fourth-order valence-electron chi connectivity index (χ4n) is 0.321. The molecule has 0 radical (unpaired) electrons. The molecule has 1 aromatic carbocycles.